The van der Waals surface area contributed by atoms with E-state index in [1.807, 2.05) is 6.92 Å². The van der Waals surface area contributed by atoms with Crippen LogP contribution in [0.1, 0.15) is 13.3 Å². The van der Waals surface area contributed by atoms with E-state index in [0.29, 0.717) is 19.8 Å². The van der Waals surface area contributed by atoms with Gasteiger partial charge in [0.05, 0.1) is 26.4 Å². The highest BCUT2D eigenvalue weighted by molar-refractivity contribution is 4.34. The molecule has 3 nitrogen and oxygen atoms in total. The van der Waals surface area contributed by atoms with Crippen molar-refractivity contribution >= 4 is 0 Å². The molecule has 6 heteroatoms. The summed E-state index contributed by atoms with van der Waals surface area (Å²) in [6, 6.07) is 0. The molecule has 0 aromatic rings. The van der Waals surface area contributed by atoms with Crippen LogP contribution in [0.25, 0.3) is 0 Å². The summed E-state index contributed by atoms with van der Waals surface area (Å²) in [6.45, 7) is 2.76. The SMILES string of the molecule is CCCOCCOCCOC(F)(F)F. The monoisotopic (exact) mass is 216 g/mol. The molecule has 0 fully saturated rings. The summed E-state index contributed by atoms with van der Waals surface area (Å²) in [6.07, 6.45) is -3.65. The number of ether oxygens (including phenoxy) is 3. The van der Waals surface area contributed by atoms with E-state index in [-0.39, 0.29) is 6.61 Å². The topological polar surface area (TPSA) is 27.7 Å². The maximum atomic E-state index is 11.4. The van der Waals surface area contributed by atoms with E-state index in [1.165, 1.54) is 0 Å². The zero-order valence-electron chi connectivity index (χ0n) is 8.10. The van der Waals surface area contributed by atoms with Gasteiger partial charge in [0.2, 0.25) is 0 Å². The van der Waals surface area contributed by atoms with Gasteiger partial charge in [0.1, 0.15) is 0 Å². The van der Waals surface area contributed by atoms with Crippen LogP contribution in [0.15, 0.2) is 0 Å². The predicted molar refractivity (Wildman–Crippen MR) is 43.9 cm³/mol. The second-order valence-electron chi connectivity index (χ2n) is 2.52. The van der Waals surface area contributed by atoms with Gasteiger partial charge in [-0.25, -0.2) is 0 Å². The third-order valence-electron chi connectivity index (χ3n) is 1.21. The number of hydrogen-bond donors (Lipinski definition) is 0. The lowest BCUT2D eigenvalue weighted by Crippen LogP contribution is -2.18. The Morgan fingerprint density at radius 1 is 0.857 bits per heavy atom. The van der Waals surface area contributed by atoms with Gasteiger partial charge < -0.3 is 9.47 Å². The lowest BCUT2D eigenvalue weighted by Gasteiger charge is -2.07. The molecule has 0 bridgehead atoms. The van der Waals surface area contributed by atoms with E-state index in [2.05, 4.69) is 4.74 Å². The summed E-state index contributed by atoms with van der Waals surface area (Å²) in [5.74, 6) is 0. The average molecular weight is 216 g/mol. The molecular weight excluding hydrogens is 201 g/mol. The number of hydrogen-bond acceptors (Lipinski definition) is 3. The molecular formula is C8H15F3O3. The van der Waals surface area contributed by atoms with E-state index < -0.39 is 13.0 Å². The maximum absolute atomic E-state index is 11.4. The summed E-state index contributed by atoms with van der Waals surface area (Å²) in [7, 11) is 0. The van der Waals surface area contributed by atoms with Crippen LogP contribution >= 0.6 is 0 Å². The van der Waals surface area contributed by atoms with Gasteiger partial charge in [-0.1, -0.05) is 6.92 Å². The molecule has 86 valence electrons. The molecule has 0 aliphatic carbocycles. The summed E-state index contributed by atoms with van der Waals surface area (Å²) in [5.41, 5.74) is 0. The van der Waals surface area contributed by atoms with Crippen LogP contribution in [0, 0.1) is 0 Å². The molecule has 0 spiro atoms. The Hall–Kier alpha value is -0.330. The lowest BCUT2D eigenvalue weighted by atomic mass is 10.5. The minimum absolute atomic E-state index is 0.0744. The second-order valence-corrected chi connectivity index (χ2v) is 2.52. The van der Waals surface area contributed by atoms with Gasteiger partial charge in [-0.05, 0) is 6.42 Å². The molecule has 0 atom stereocenters. The van der Waals surface area contributed by atoms with Crippen molar-refractivity contribution in [3.05, 3.63) is 0 Å². The van der Waals surface area contributed by atoms with Crippen molar-refractivity contribution in [2.75, 3.05) is 33.0 Å². The first-order valence-electron chi connectivity index (χ1n) is 4.42. The van der Waals surface area contributed by atoms with Gasteiger partial charge in [0.15, 0.2) is 0 Å². The van der Waals surface area contributed by atoms with E-state index in [9.17, 15) is 13.2 Å². The van der Waals surface area contributed by atoms with Crippen molar-refractivity contribution in [3.8, 4) is 0 Å². The average Bonchev–Trinajstić information content (AvgIpc) is 2.08. The van der Waals surface area contributed by atoms with Crippen LogP contribution in [-0.2, 0) is 14.2 Å². The van der Waals surface area contributed by atoms with Crippen molar-refractivity contribution in [2.45, 2.75) is 19.7 Å². The summed E-state index contributed by atoms with van der Waals surface area (Å²) in [5, 5.41) is 0. The van der Waals surface area contributed by atoms with Crippen LogP contribution in [0.2, 0.25) is 0 Å². The molecule has 0 radical (unpaired) electrons. The van der Waals surface area contributed by atoms with Gasteiger partial charge in [-0.3, -0.25) is 4.74 Å². The normalized spacial score (nSPS) is 12.0. The Balaban J connectivity index is 2.99. The molecule has 0 N–H and O–H groups in total. The largest absolute Gasteiger partial charge is 0.522 e. The van der Waals surface area contributed by atoms with Crippen molar-refractivity contribution in [1.29, 1.82) is 0 Å². The third-order valence-corrected chi connectivity index (χ3v) is 1.21. The quantitative estimate of drug-likeness (QED) is 0.580. The first-order valence-corrected chi connectivity index (χ1v) is 4.42. The smallest absolute Gasteiger partial charge is 0.379 e. The zero-order valence-corrected chi connectivity index (χ0v) is 8.10. The van der Waals surface area contributed by atoms with Crippen LogP contribution in [0.4, 0.5) is 13.2 Å². The fourth-order valence-corrected chi connectivity index (χ4v) is 0.683. The van der Waals surface area contributed by atoms with E-state index >= 15 is 0 Å². The van der Waals surface area contributed by atoms with Crippen molar-refractivity contribution in [3.63, 3.8) is 0 Å². The molecule has 0 amide bonds. The van der Waals surface area contributed by atoms with Gasteiger partial charge in [-0.15, -0.1) is 13.2 Å². The van der Waals surface area contributed by atoms with Crippen LogP contribution < -0.4 is 0 Å². The first-order chi connectivity index (χ1) is 6.56. The fourth-order valence-electron chi connectivity index (χ4n) is 0.683. The van der Waals surface area contributed by atoms with Gasteiger partial charge >= 0.3 is 6.36 Å². The standard InChI is InChI=1S/C8H15F3O3/c1-2-3-12-4-5-13-6-7-14-8(9,10)11/h2-7H2,1H3. The molecule has 0 unspecified atom stereocenters. The molecule has 14 heavy (non-hydrogen) atoms. The van der Waals surface area contributed by atoms with E-state index in [1.54, 1.807) is 0 Å². The number of rotatable bonds is 8. The Morgan fingerprint density at radius 2 is 1.36 bits per heavy atom. The first kappa shape index (κ1) is 13.7. The summed E-state index contributed by atoms with van der Waals surface area (Å²) >= 11 is 0. The minimum Gasteiger partial charge on any atom is -0.379 e. The summed E-state index contributed by atoms with van der Waals surface area (Å²) < 4.78 is 47.6. The van der Waals surface area contributed by atoms with Gasteiger partial charge in [-0.2, -0.15) is 0 Å². The molecule has 0 aliphatic rings. The number of halogens is 3. The number of alkyl halides is 3. The Labute approximate surface area is 81.1 Å². The van der Waals surface area contributed by atoms with Crippen LogP contribution in [0.3, 0.4) is 0 Å². The zero-order chi connectivity index (χ0) is 10.9. The Kier molecular flexibility index (Phi) is 7.83. The molecule has 0 aliphatic heterocycles. The lowest BCUT2D eigenvalue weighted by molar-refractivity contribution is -0.327. The maximum Gasteiger partial charge on any atom is 0.522 e. The highest BCUT2D eigenvalue weighted by atomic mass is 19.4. The molecule has 0 rings (SSSR count). The predicted octanol–water partition coefficient (Wildman–Crippen LogP) is 1.97. The van der Waals surface area contributed by atoms with Crippen molar-refractivity contribution in [1.82, 2.24) is 0 Å². The highest BCUT2D eigenvalue weighted by Crippen LogP contribution is 2.15. The molecule has 0 aromatic heterocycles. The van der Waals surface area contributed by atoms with Crippen LogP contribution in [-0.4, -0.2) is 39.4 Å². The second kappa shape index (κ2) is 8.02. The van der Waals surface area contributed by atoms with E-state index in [4.69, 9.17) is 9.47 Å². The highest BCUT2D eigenvalue weighted by Gasteiger charge is 2.28. The third kappa shape index (κ3) is 11.7. The Morgan fingerprint density at radius 3 is 1.86 bits per heavy atom. The molecule has 0 heterocycles. The van der Waals surface area contributed by atoms with Crippen molar-refractivity contribution in [2.24, 2.45) is 0 Å². The summed E-state index contributed by atoms with van der Waals surface area (Å²) in [4.78, 5) is 0. The molecule has 0 saturated heterocycles. The van der Waals surface area contributed by atoms with Crippen LogP contribution in [0.5, 0.6) is 0 Å². The fraction of sp³-hybridized carbons (Fsp3) is 1.00. The van der Waals surface area contributed by atoms with Gasteiger partial charge in [0, 0.05) is 6.61 Å². The van der Waals surface area contributed by atoms with E-state index in [0.717, 1.165) is 6.42 Å². The minimum atomic E-state index is -4.57. The molecule has 0 saturated carbocycles. The van der Waals surface area contributed by atoms with Gasteiger partial charge in [0.25, 0.3) is 0 Å². The van der Waals surface area contributed by atoms with Crippen molar-refractivity contribution < 1.29 is 27.4 Å². The Bertz CT molecular complexity index is 127. The molecule has 0 aromatic carbocycles.